The third kappa shape index (κ3) is 3.01. The highest BCUT2D eigenvalue weighted by Crippen LogP contribution is 2.40. The molecule has 0 spiro atoms. The first-order valence-electron chi connectivity index (χ1n) is 7.10. The van der Waals surface area contributed by atoms with Crippen molar-refractivity contribution in [3.8, 4) is 0 Å². The third-order valence-electron chi connectivity index (χ3n) is 4.32. The van der Waals surface area contributed by atoms with E-state index in [-0.39, 0.29) is 18.1 Å². The van der Waals surface area contributed by atoms with Crippen LogP contribution in [0.5, 0.6) is 0 Å². The molecule has 1 heterocycles. The van der Waals surface area contributed by atoms with Crippen molar-refractivity contribution >= 4 is 5.97 Å². The zero-order valence-corrected chi connectivity index (χ0v) is 10.7. The van der Waals surface area contributed by atoms with E-state index in [1.165, 1.54) is 12.8 Å². The summed E-state index contributed by atoms with van der Waals surface area (Å²) in [6, 6.07) is 0. The van der Waals surface area contributed by atoms with Crippen LogP contribution in [-0.2, 0) is 9.53 Å². The fourth-order valence-electron chi connectivity index (χ4n) is 3.37. The Morgan fingerprint density at radius 3 is 2.65 bits per heavy atom. The lowest BCUT2D eigenvalue weighted by atomic mass is 9.88. The predicted molar refractivity (Wildman–Crippen MR) is 65.9 cm³/mol. The lowest BCUT2D eigenvalue weighted by Crippen LogP contribution is -2.30. The van der Waals surface area contributed by atoms with Gasteiger partial charge in [0.15, 0.2) is 0 Å². The molecule has 1 N–H and O–H groups in total. The summed E-state index contributed by atoms with van der Waals surface area (Å²) in [5, 5.41) is 9.31. The molecule has 3 atom stereocenters. The van der Waals surface area contributed by atoms with Gasteiger partial charge in [0.1, 0.15) is 0 Å². The van der Waals surface area contributed by atoms with Gasteiger partial charge < -0.3 is 9.84 Å². The van der Waals surface area contributed by atoms with Gasteiger partial charge in [-0.15, -0.1) is 0 Å². The number of ether oxygens (including phenoxy) is 1. The number of carboxylic acid groups (broad SMARTS) is 1. The number of unbranched alkanes of at least 4 members (excludes halogenated alkanes) is 1. The van der Waals surface area contributed by atoms with Crippen molar-refractivity contribution in [3.63, 3.8) is 0 Å². The maximum atomic E-state index is 11.3. The van der Waals surface area contributed by atoms with Gasteiger partial charge in [0.2, 0.25) is 0 Å². The van der Waals surface area contributed by atoms with E-state index in [9.17, 15) is 9.90 Å². The van der Waals surface area contributed by atoms with Crippen LogP contribution in [0.3, 0.4) is 0 Å². The van der Waals surface area contributed by atoms with Gasteiger partial charge >= 0.3 is 5.97 Å². The van der Waals surface area contributed by atoms with Crippen molar-refractivity contribution in [1.82, 2.24) is 0 Å². The molecule has 1 saturated carbocycles. The fourth-order valence-corrected chi connectivity index (χ4v) is 3.37. The van der Waals surface area contributed by atoms with Crippen LogP contribution in [0.15, 0.2) is 0 Å². The Kier molecular flexibility index (Phi) is 4.43. The number of carboxylic acids is 1. The van der Waals surface area contributed by atoms with Crippen molar-refractivity contribution in [2.75, 3.05) is 0 Å². The van der Waals surface area contributed by atoms with Crippen molar-refractivity contribution in [2.45, 2.75) is 70.5 Å². The molecule has 1 aliphatic heterocycles. The molecular weight excluding hydrogens is 216 g/mol. The summed E-state index contributed by atoms with van der Waals surface area (Å²) in [6.45, 7) is 2.16. The Morgan fingerprint density at radius 2 is 2.06 bits per heavy atom. The van der Waals surface area contributed by atoms with E-state index < -0.39 is 5.97 Å². The Bertz CT molecular complexity index is 258. The summed E-state index contributed by atoms with van der Waals surface area (Å²) in [4.78, 5) is 11.3. The second kappa shape index (κ2) is 5.85. The zero-order valence-electron chi connectivity index (χ0n) is 10.7. The van der Waals surface area contributed by atoms with Crippen LogP contribution < -0.4 is 0 Å². The van der Waals surface area contributed by atoms with E-state index in [1.807, 2.05) is 0 Å². The molecule has 2 fully saturated rings. The van der Waals surface area contributed by atoms with Crippen LogP contribution in [0.2, 0.25) is 0 Å². The molecule has 1 aliphatic carbocycles. The SMILES string of the molecule is CCCCC1CC(C(=O)O)C(C2CCCC2)O1. The van der Waals surface area contributed by atoms with Gasteiger partial charge in [-0.1, -0.05) is 32.6 Å². The smallest absolute Gasteiger partial charge is 0.309 e. The fraction of sp³-hybridized carbons (Fsp3) is 0.929. The average molecular weight is 240 g/mol. The molecule has 2 aliphatic rings. The number of hydrogen-bond acceptors (Lipinski definition) is 2. The first-order chi connectivity index (χ1) is 8.22. The summed E-state index contributed by atoms with van der Waals surface area (Å²) in [5.41, 5.74) is 0. The molecule has 0 bridgehead atoms. The van der Waals surface area contributed by atoms with Crippen molar-refractivity contribution in [2.24, 2.45) is 11.8 Å². The quantitative estimate of drug-likeness (QED) is 0.802. The Morgan fingerprint density at radius 1 is 1.35 bits per heavy atom. The molecule has 3 heteroatoms. The second-order valence-electron chi connectivity index (χ2n) is 5.59. The Balaban J connectivity index is 1.94. The molecule has 0 aromatic carbocycles. The normalized spacial score (nSPS) is 34.3. The van der Waals surface area contributed by atoms with E-state index in [4.69, 9.17) is 4.74 Å². The van der Waals surface area contributed by atoms with Crippen LogP contribution in [0.25, 0.3) is 0 Å². The first-order valence-corrected chi connectivity index (χ1v) is 7.10. The van der Waals surface area contributed by atoms with E-state index in [1.54, 1.807) is 0 Å². The lowest BCUT2D eigenvalue weighted by molar-refractivity contribution is -0.144. The maximum absolute atomic E-state index is 11.3. The molecule has 0 aromatic rings. The van der Waals surface area contributed by atoms with Crippen LogP contribution in [0.4, 0.5) is 0 Å². The van der Waals surface area contributed by atoms with Gasteiger partial charge in [-0.25, -0.2) is 0 Å². The number of carbonyl (C=O) groups is 1. The molecule has 0 aromatic heterocycles. The van der Waals surface area contributed by atoms with Crippen LogP contribution >= 0.6 is 0 Å². The van der Waals surface area contributed by atoms with E-state index in [0.717, 1.165) is 38.5 Å². The van der Waals surface area contributed by atoms with Crippen molar-refractivity contribution < 1.29 is 14.6 Å². The largest absolute Gasteiger partial charge is 0.481 e. The van der Waals surface area contributed by atoms with Crippen LogP contribution in [0.1, 0.15) is 58.3 Å². The van der Waals surface area contributed by atoms with Crippen molar-refractivity contribution in [3.05, 3.63) is 0 Å². The zero-order chi connectivity index (χ0) is 12.3. The van der Waals surface area contributed by atoms with Gasteiger partial charge in [0.25, 0.3) is 0 Å². The molecule has 0 amide bonds. The van der Waals surface area contributed by atoms with Crippen molar-refractivity contribution in [1.29, 1.82) is 0 Å². The summed E-state index contributed by atoms with van der Waals surface area (Å²) >= 11 is 0. The molecule has 3 nitrogen and oxygen atoms in total. The van der Waals surface area contributed by atoms with Gasteiger partial charge in [0.05, 0.1) is 18.1 Å². The number of aliphatic carboxylic acids is 1. The summed E-state index contributed by atoms with van der Waals surface area (Å²) in [6.07, 6.45) is 9.08. The Labute approximate surface area is 104 Å². The maximum Gasteiger partial charge on any atom is 0.309 e. The standard InChI is InChI=1S/C14H24O3/c1-2-3-8-11-9-12(14(15)16)13(17-11)10-6-4-5-7-10/h10-13H,2-9H2,1H3,(H,15,16). The first kappa shape index (κ1) is 12.9. The van der Waals surface area contributed by atoms with Crippen LogP contribution in [0, 0.1) is 11.8 Å². The number of hydrogen-bond donors (Lipinski definition) is 1. The Hall–Kier alpha value is -0.570. The highest BCUT2D eigenvalue weighted by Gasteiger charge is 2.43. The summed E-state index contributed by atoms with van der Waals surface area (Å²) in [5.74, 6) is -0.399. The molecule has 17 heavy (non-hydrogen) atoms. The predicted octanol–water partition coefficient (Wildman–Crippen LogP) is 3.23. The number of rotatable bonds is 5. The minimum atomic E-state index is -0.652. The van der Waals surface area contributed by atoms with Crippen LogP contribution in [-0.4, -0.2) is 23.3 Å². The minimum Gasteiger partial charge on any atom is -0.481 e. The monoisotopic (exact) mass is 240 g/mol. The minimum absolute atomic E-state index is 0.00291. The average Bonchev–Trinajstić information content (AvgIpc) is 2.94. The molecule has 0 radical (unpaired) electrons. The highest BCUT2D eigenvalue weighted by molar-refractivity contribution is 5.71. The molecule has 98 valence electrons. The van der Waals surface area contributed by atoms with E-state index >= 15 is 0 Å². The second-order valence-corrected chi connectivity index (χ2v) is 5.59. The van der Waals surface area contributed by atoms with E-state index in [2.05, 4.69) is 6.92 Å². The topological polar surface area (TPSA) is 46.5 Å². The van der Waals surface area contributed by atoms with Gasteiger partial charge in [-0.05, 0) is 31.6 Å². The van der Waals surface area contributed by atoms with Gasteiger partial charge in [-0.3, -0.25) is 4.79 Å². The lowest BCUT2D eigenvalue weighted by Gasteiger charge is -2.22. The summed E-state index contributed by atoms with van der Waals surface area (Å²) < 4.78 is 6.04. The molecule has 2 rings (SSSR count). The molecular formula is C14H24O3. The molecule has 1 saturated heterocycles. The molecule has 3 unspecified atom stereocenters. The van der Waals surface area contributed by atoms with E-state index in [0.29, 0.717) is 5.92 Å². The summed E-state index contributed by atoms with van der Waals surface area (Å²) in [7, 11) is 0. The van der Waals surface area contributed by atoms with Gasteiger partial charge in [0, 0.05) is 0 Å². The highest BCUT2D eigenvalue weighted by atomic mass is 16.5. The van der Waals surface area contributed by atoms with Gasteiger partial charge in [-0.2, -0.15) is 0 Å². The third-order valence-corrected chi connectivity index (χ3v) is 4.32.